The summed E-state index contributed by atoms with van der Waals surface area (Å²) in [4.78, 5) is 13.8. The van der Waals surface area contributed by atoms with E-state index in [0.29, 0.717) is 25.3 Å². The Morgan fingerprint density at radius 1 is 1.38 bits per heavy atom. The molecule has 3 heteroatoms. The maximum Gasteiger partial charge on any atom is 0.223 e. The van der Waals surface area contributed by atoms with Gasteiger partial charge in [0, 0.05) is 19.5 Å². The van der Waals surface area contributed by atoms with Crippen molar-refractivity contribution in [2.45, 2.75) is 47.5 Å². The Labute approximate surface area is 99.4 Å². The van der Waals surface area contributed by atoms with E-state index in [1.165, 1.54) is 0 Å². The van der Waals surface area contributed by atoms with Crippen LogP contribution in [0.15, 0.2) is 0 Å². The lowest BCUT2D eigenvalue weighted by atomic mass is 9.91. The number of carbonyl (C=O) groups excluding carboxylic acids is 1. The first kappa shape index (κ1) is 15.0. The van der Waals surface area contributed by atoms with Gasteiger partial charge in [-0.1, -0.05) is 34.6 Å². The van der Waals surface area contributed by atoms with Gasteiger partial charge in [-0.15, -0.1) is 0 Å². The predicted molar refractivity (Wildman–Crippen MR) is 65.7 cm³/mol. The van der Waals surface area contributed by atoms with Crippen molar-refractivity contribution in [3.05, 3.63) is 0 Å². The van der Waals surface area contributed by atoms with E-state index in [9.17, 15) is 4.79 Å². The number of hydrogen-bond donors (Lipinski definition) is 0. The van der Waals surface area contributed by atoms with E-state index < -0.39 is 0 Å². The molecule has 0 N–H and O–H groups in total. The lowest BCUT2D eigenvalue weighted by Crippen LogP contribution is -2.36. The summed E-state index contributed by atoms with van der Waals surface area (Å²) in [6.45, 7) is 11.7. The van der Waals surface area contributed by atoms with Crippen molar-refractivity contribution in [1.29, 1.82) is 5.26 Å². The molecule has 1 amide bonds. The van der Waals surface area contributed by atoms with Crippen molar-refractivity contribution in [2.24, 2.45) is 11.3 Å². The van der Waals surface area contributed by atoms with E-state index in [-0.39, 0.29) is 11.3 Å². The smallest absolute Gasteiger partial charge is 0.223 e. The quantitative estimate of drug-likeness (QED) is 0.720. The molecule has 0 rings (SSSR count). The molecule has 0 aromatic carbocycles. The number of rotatable bonds is 5. The lowest BCUT2D eigenvalue weighted by molar-refractivity contribution is -0.133. The molecule has 0 saturated carbocycles. The van der Waals surface area contributed by atoms with Crippen LogP contribution in [0, 0.1) is 22.7 Å². The third-order valence-corrected chi connectivity index (χ3v) is 2.11. The molecule has 0 radical (unpaired) electrons. The van der Waals surface area contributed by atoms with Crippen LogP contribution in [0.1, 0.15) is 47.5 Å². The zero-order valence-electron chi connectivity index (χ0n) is 11.2. The van der Waals surface area contributed by atoms with Gasteiger partial charge in [-0.05, 0) is 11.3 Å². The Morgan fingerprint density at radius 3 is 2.31 bits per heavy atom. The van der Waals surface area contributed by atoms with E-state index in [1.807, 2.05) is 4.90 Å². The first-order chi connectivity index (χ1) is 7.26. The highest BCUT2D eigenvalue weighted by molar-refractivity contribution is 5.76. The molecule has 0 unspecified atom stereocenters. The van der Waals surface area contributed by atoms with E-state index in [4.69, 9.17) is 5.26 Å². The van der Waals surface area contributed by atoms with Crippen LogP contribution in [0.2, 0.25) is 0 Å². The topological polar surface area (TPSA) is 44.1 Å². The molecule has 0 heterocycles. The molecule has 0 fully saturated rings. The largest absolute Gasteiger partial charge is 0.341 e. The van der Waals surface area contributed by atoms with Crippen molar-refractivity contribution in [3.8, 4) is 6.07 Å². The molecule has 0 saturated heterocycles. The van der Waals surface area contributed by atoms with Gasteiger partial charge < -0.3 is 4.90 Å². The molecular formula is C13H24N2O. The second-order valence-corrected chi connectivity index (χ2v) is 5.88. The molecule has 92 valence electrons. The van der Waals surface area contributed by atoms with Crippen LogP contribution in [-0.4, -0.2) is 23.9 Å². The van der Waals surface area contributed by atoms with Gasteiger partial charge >= 0.3 is 0 Å². The second kappa shape index (κ2) is 6.52. The van der Waals surface area contributed by atoms with Gasteiger partial charge in [0.15, 0.2) is 0 Å². The standard InChI is InChI=1S/C13H24N2O/c1-11(2)10-15(8-6-7-14)12(16)9-13(3,4)5/h11H,6,8-10H2,1-5H3. The average molecular weight is 224 g/mol. The van der Waals surface area contributed by atoms with Crippen LogP contribution in [0.3, 0.4) is 0 Å². The summed E-state index contributed by atoms with van der Waals surface area (Å²) >= 11 is 0. The maximum absolute atomic E-state index is 12.0. The Morgan fingerprint density at radius 2 is 1.94 bits per heavy atom. The predicted octanol–water partition coefficient (Wildman–Crippen LogP) is 2.82. The number of carbonyl (C=O) groups is 1. The van der Waals surface area contributed by atoms with Gasteiger partial charge in [0.05, 0.1) is 12.5 Å². The zero-order chi connectivity index (χ0) is 12.8. The summed E-state index contributed by atoms with van der Waals surface area (Å²) in [7, 11) is 0. The highest BCUT2D eigenvalue weighted by Gasteiger charge is 2.21. The highest BCUT2D eigenvalue weighted by atomic mass is 16.2. The lowest BCUT2D eigenvalue weighted by Gasteiger charge is -2.27. The molecule has 0 aliphatic rings. The number of nitrogens with zero attached hydrogens (tertiary/aromatic N) is 2. The summed E-state index contributed by atoms with van der Waals surface area (Å²) < 4.78 is 0. The number of nitriles is 1. The van der Waals surface area contributed by atoms with Crippen LogP contribution < -0.4 is 0 Å². The molecule has 0 spiro atoms. The van der Waals surface area contributed by atoms with E-state index in [2.05, 4.69) is 40.7 Å². The van der Waals surface area contributed by atoms with Gasteiger partial charge in [0.2, 0.25) is 5.91 Å². The molecule has 16 heavy (non-hydrogen) atoms. The Hall–Kier alpha value is -1.04. The summed E-state index contributed by atoms with van der Waals surface area (Å²) in [5.41, 5.74) is 0.0129. The molecule has 0 aliphatic carbocycles. The molecule has 0 atom stereocenters. The van der Waals surface area contributed by atoms with Crippen molar-refractivity contribution in [1.82, 2.24) is 4.90 Å². The summed E-state index contributed by atoms with van der Waals surface area (Å²) in [5.74, 6) is 0.610. The molecular weight excluding hydrogens is 200 g/mol. The fourth-order valence-electron chi connectivity index (χ4n) is 1.51. The monoisotopic (exact) mass is 224 g/mol. The Balaban J connectivity index is 4.38. The van der Waals surface area contributed by atoms with Crippen molar-refractivity contribution < 1.29 is 4.79 Å². The third-order valence-electron chi connectivity index (χ3n) is 2.11. The zero-order valence-corrected chi connectivity index (χ0v) is 11.2. The van der Waals surface area contributed by atoms with Crippen LogP contribution >= 0.6 is 0 Å². The second-order valence-electron chi connectivity index (χ2n) is 5.88. The minimum absolute atomic E-state index is 0.0129. The molecule has 0 bridgehead atoms. The minimum Gasteiger partial charge on any atom is -0.341 e. The molecule has 0 aromatic rings. The van der Waals surface area contributed by atoms with Crippen molar-refractivity contribution >= 4 is 5.91 Å². The van der Waals surface area contributed by atoms with Gasteiger partial charge in [-0.25, -0.2) is 0 Å². The van der Waals surface area contributed by atoms with Crippen LogP contribution in [0.25, 0.3) is 0 Å². The van der Waals surface area contributed by atoms with Gasteiger partial charge in [0.1, 0.15) is 0 Å². The fraction of sp³-hybridized carbons (Fsp3) is 0.846. The maximum atomic E-state index is 12.0. The average Bonchev–Trinajstić information content (AvgIpc) is 2.08. The SMILES string of the molecule is CC(C)CN(CCC#N)C(=O)CC(C)(C)C. The summed E-state index contributed by atoms with van der Waals surface area (Å²) in [6.07, 6.45) is 0.966. The molecule has 0 aliphatic heterocycles. The van der Waals surface area contributed by atoms with E-state index in [0.717, 1.165) is 6.54 Å². The Bertz CT molecular complexity index is 258. The fourth-order valence-corrected chi connectivity index (χ4v) is 1.51. The van der Waals surface area contributed by atoms with Crippen LogP contribution in [0.5, 0.6) is 0 Å². The van der Waals surface area contributed by atoms with Crippen molar-refractivity contribution in [3.63, 3.8) is 0 Å². The van der Waals surface area contributed by atoms with Crippen LogP contribution in [0.4, 0.5) is 0 Å². The molecule has 0 aromatic heterocycles. The first-order valence-corrected chi connectivity index (χ1v) is 5.91. The summed E-state index contributed by atoms with van der Waals surface area (Å²) in [5, 5.41) is 8.58. The number of hydrogen-bond acceptors (Lipinski definition) is 2. The van der Waals surface area contributed by atoms with Crippen molar-refractivity contribution in [2.75, 3.05) is 13.1 Å². The Kier molecular flexibility index (Phi) is 6.10. The third kappa shape index (κ3) is 7.28. The summed E-state index contributed by atoms with van der Waals surface area (Å²) in [6, 6.07) is 2.10. The highest BCUT2D eigenvalue weighted by Crippen LogP contribution is 2.20. The van der Waals surface area contributed by atoms with Gasteiger partial charge in [0.25, 0.3) is 0 Å². The molecule has 3 nitrogen and oxygen atoms in total. The minimum atomic E-state index is 0.0129. The first-order valence-electron chi connectivity index (χ1n) is 5.91. The number of amides is 1. The van der Waals surface area contributed by atoms with Gasteiger partial charge in [-0.3, -0.25) is 4.79 Å². The van der Waals surface area contributed by atoms with Crippen LogP contribution in [-0.2, 0) is 4.79 Å². The van der Waals surface area contributed by atoms with E-state index in [1.54, 1.807) is 0 Å². The normalized spacial score (nSPS) is 11.3. The van der Waals surface area contributed by atoms with E-state index >= 15 is 0 Å². The van der Waals surface area contributed by atoms with Gasteiger partial charge in [-0.2, -0.15) is 5.26 Å².